The smallest absolute Gasteiger partial charge is 0.406 e. The Morgan fingerprint density at radius 2 is 1.93 bits per heavy atom. The van der Waals surface area contributed by atoms with E-state index in [1.807, 2.05) is 4.90 Å². The van der Waals surface area contributed by atoms with Gasteiger partial charge in [0.2, 0.25) is 0 Å². The third kappa shape index (κ3) is 5.15. The maximum absolute atomic E-state index is 12.7. The van der Waals surface area contributed by atoms with Crippen molar-refractivity contribution in [1.82, 2.24) is 4.90 Å². The average Bonchev–Trinajstić information content (AvgIpc) is 3.21. The van der Waals surface area contributed by atoms with Crippen molar-refractivity contribution in [2.75, 3.05) is 19.6 Å². The number of carbonyl (C=O) groups is 1. The molecule has 0 aliphatic carbocycles. The molecule has 1 aliphatic heterocycles. The Kier molecular flexibility index (Phi) is 6.44. The van der Waals surface area contributed by atoms with Gasteiger partial charge in [-0.15, -0.1) is 36.9 Å². The van der Waals surface area contributed by atoms with Gasteiger partial charge in [0.25, 0.3) is 5.91 Å². The maximum atomic E-state index is 12.7. The van der Waals surface area contributed by atoms with Gasteiger partial charge < -0.3 is 15.4 Å². The van der Waals surface area contributed by atoms with E-state index in [2.05, 4.69) is 11.7 Å². The van der Waals surface area contributed by atoms with Crippen molar-refractivity contribution in [1.29, 1.82) is 0 Å². The monoisotopic (exact) mass is 420 g/mol. The number of likely N-dealkylation sites (tertiary alicyclic amines) is 1. The number of alkyl halides is 3. The first-order valence-corrected chi connectivity index (χ1v) is 8.96. The van der Waals surface area contributed by atoms with Crippen LogP contribution in [0.1, 0.15) is 23.0 Å². The van der Waals surface area contributed by atoms with Gasteiger partial charge in [0.05, 0.1) is 4.88 Å². The van der Waals surface area contributed by atoms with E-state index in [0.717, 1.165) is 16.9 Å². The predicted molar refractivity (Wildman–Crippen MR) is 101 cm³/mol. The summed E-state index contributed by atoms with van der Waals surface area (Å²) < 4.78 is 40.5. The zero-order valence-electron chi connectivity index (χ0n) is 14.6. The number of hydrogen-bond acceptors (Lipinski definition) is 4. The molecule has 0 spiro atoms. The largest absolute Gasteiger partial charge is 0.573 e. The van der Waals surface area contributed by atoms with Crippen molar-refractivity contribution in [2.45, 2.75) is 19.7 Å². The van der Waals surface area contributed by atoms with E-state index >= 15 is 0 Å². The Labute approximate surface area is 165 Å². The highest BCUT2D eigenvalue weighted by Gasteiger charge is 2.35. The van der Waals surface area contributed by atoms with Crippen molar-refractivity contribution in [3.05, 3.63) is 41.3 Å². The first-order chi connectivity index (χ1) is 12.2. The van der Waals surface area contributed by atoms with Crippen molar-refractivity contribution in [2.24, 2.45) is 11.1 Å². The number of halogens is 4. The highest BCUT2D eigenvalue weighted by molar-refractivity contribution is 7.17. The minimum absolute atomic E-state index is 0. The molecule has 1 atom stereocenters. The van der Waals surface area contributed by atoms with Gasteiger partial charge in [0, 0.05) is 18.0 Å². The minimum Gasteiger partial charge on any atom is -0.406 e. The summed E-state index contributed by atoms with van der Waals surface area (Å²) >= 11 is 1.32. The zero-order valence-corrected chi connectivity index (χ0v) is 16.2. The van der Waals surface area contributed by atoms with Crippen LogP contribution in [0.5, 0.6) is 5.75 Å². The average molecular weight is 421 g/mol. The molecule has 1 unspecified atom stereocenters. The second-order valence-electron chi connectivity index (χ2n) is 6.73. The number of nitrogens with zero attached hydrogens (tertiary/aromatic N) is 1. The van der Waals surface area contributed by atoms with Crippen molar-refractivity contribution < 1.29 is 22.7 Å². The number of ether oxygens (including phenoxy) is 1. The summed E-state index contributed by atoms with van der Waals surface area (Å²) in [5.74, 6) is -0.303. The minimum atomic E-state index is -4.71. The summed E-state index contributed by atoms with van der Waals surface area (Å²) in [6.45, 7) is 3.94. The summed E-state index contributed by atoms with van der Waals surface area (Å²) in [5, 5.41) is 0. The number of benzene rings is 1. The maximum Gasteiger partial charge on any atom is 0.573 e. The summed E-state index contributed by atoms with van der Waals surface area (Å²) in [5.41, 5.74) is 6.48. The van der Waals surface area contributed by atoms with Gasteiger partial charge >= 0.3 is 6.36 Å². The normalized spacial score (nSPS) is 19.7. The molecular formula is C18H20ClF3N2O2S. The molecule has 148 valence electrons. The van der Waals surface area contributed by atoms with Gasteiger partial charge in [-0.2, -0.15) is 0 Å². The lowest BCUT2D eigenvalue weighted by atomic mass is 9.90. The lowest BCUT2D eigenvalue weighted by molar-refractivity contribution is -0.274. The van der Waals surface area contributed by atoms with Crippen LogP contribution in [0.25, 0.3) is 10.4 Å². The Morgan fingerprint density at radius 1 is 1.26 bits per heavy atom. The van der Waals surface area contributed by atoms with Crippen molar-refractivity contribution >= 4 is 29.7 Å². The third-order valence-electron chi connectivity index (χ3n) is 4.53. The van der Waals surface area contributed by atoms with E-state index in [1.54, 1.807) is 24.3 Å². The fraction of sp³-hybridized carbons (Fsp3) is 0.389. The third-order valence-corrected chi connectivity index (χ3v) is 5.65. The molecule has 0 radical (unpaired) electrons. The van der Waals surface area contributed by atoms with Crippen LogP contribution in [0.3, 0.4) is 0 Å². The van der Waals surface area contributed by atoms with Crippen LogP contribution < -0.4 is 10.5 Å². The quantitative estimate of drug-likeness (QED) is 0.789. The fourth-order valence-electron chi connectivity index (χ4n) is 2.95. The summed E-state index contributed by atoms with van der Waals surface area (Å²) in [6.07, 6.45) is -3.83. The van der Waals surface area contributed by atoms with Crippen molar-refractivity contribution in [3.8, 4) is 16.2 Å². The molecule has 1 amide bonds. The predicted octanol–water partition coefficient (Wildman–Crippen LogP) is 4.55. The van der Waals surface area contributed by atoms with Crippen LogP contribution in [0.15, 0.2) is 36.4 Å². The van der Waals surface area contributed by atoms with Gasteiger partial charge in [-0.25, -0.2) is 0 Å². The standard InChI is InChI=1S/C18H19F3N2O2S.ClH/c1-17(10-22)8-9-23(11-17)16(24)15-7-6-14(26-15)12-2-4-13(5-3-12)25-18(19,20)21;/h2-7H,8-11,22H2,1H3;1H. The number of nitrogens with two attached hydrogens (primary N) is 1. The van der Waals surface area contributed by atoms with E-state index < -0.39 is 6.36 Å². The molecule has 4 nitrogen and oxygen atoms in total. The van der Waals surface area contributed by atoms with Gasteiger partial charge in [-0.05, 0) is 60.3 Å². The number of carbonyl (C=O) groups excluding carboxylic acids is 1. The topological polar surface area (TPSA) is 55.6 Å². The molecule has 27 heavy (non-hydrogen) atoms. The Morgan fingerprint density at radius 3 is 2.48 bits per heavy atom. The molecule has 1 saturated heterocycles. The molecule has 9 heteroatoms. The Bertz CT molecular complexity index is 795. The number of hydrogen-bond donors (Lipinski definition) is 1. The molecule has 1 aliphatic rings. The molecule has 1 fully saturated rings. The SMILES string of the molecule is CC1(CN)CCN(C(=O)c2ccc(-c3ccc(OC(F)(F)F)cc3)s2)C1.Cl. The lowest BCUT2D eigenvalue weighted by Gasteiger charge is -2.22. The van der Waals surface area contributed by atoms with Gasteiger partial charge in [-0.1, -0.05) is 6.92 Å². The number of amides is 1. The number of thiophene rings is 1. The Balaban J connectivity index is 0.00000261. The molecule has 3 rings (SSSR count). The molecule has 2 heterocycles. The molecule has 2 aromatic rings. The Hall–Kier alpha value is -1.77. The summed E-state index contributed by atoms with van der Waals surface area (Å²) in [4.78, 5) is 15.9. The van der Waals surface area contributed by atoms with E-state index in [1.165, 1.54) is 23.5 Å². The van der Waals surface area contributed by atoms with Crippen molar-refractivity contribution in [3.63, 3.8) is 0 Å². The molecule has 0 saturated carbocycles. The first kappa shape index (κ1) is 21.5. The van der Waals surface area contributed by atoms with Crippen LogP contribution in [0.2, 0.25) is 0 Å². The van der Waals surface area contributed by atoms with E-state index in [9.17, 15) is 18.0 Å². The van der Waals surface area contributed by atoms with E-state index in [-0.39, 0.29) is 29.5 Å². The van der Waals surface area contributed by atoms with Crippen LogP contribution >= 0.6 is 23.7 Å². The van der Waals surface area contributed by atoms with E-state index in [4.69, 9.17) is 5.73 Å². The molecule has 2 N–H and O–H groups in total. The van der Waals surface area contributed by atoms with Crippen LogP contribution in [-0.2, 0) is 0 Å². The van der Waals surface area contributed by atoms with Crippen LogP contribution in [0.4, 0.5) is 13.2 Å². The zero-order chi connectivity index (χ0) is 18.9. The fourth-order valence-corrected chi connectivity index (χ4v) is 3.93. The van der Waals surface area contributed by atoms with Gasteiger partial charge in [0.1, 0.15) is 5.75 Å². The lowest BCUT2D eigenvalue weighted by Crippen LogP contribution is -2.34. The highest BCUT2D eigenvalue weighted by Crippen LogP contribution is 2.34. The molecule has 0 bridgehead atoms. The molecular weight excluding hydrogens is 401 g/mol. The van der Waals surface area contributed by atoms with Gasteiger partial charge in [-0.3, -0.25) is 4.79 Å². The van der Waals surface area contributed by atoms with Gasteiger partial charge in [0.15, 0.2) is 0 Å². The van der Waals surface area contributed by atoms with E-state index in [0.29, 0.717) is 24.5 Å². The summed E-state index contributed by atoms with van der Waals surface area (Å²) in [7, 11) is 0. The van der Waals surface area contributed by atoms with Crippen LogP contribution in [-0.4, -0.2) is 36.8 Å². The molecule has 1 aromatic carbocycles. The van der Waals surface area contributed by atoms with Crippen LogP contribution in [0, 0.1) is 5.41 Å². The molecule has 1 aromatic heterocycles. The second kappa shape index (κ2) is 8.08. The summed E-state index contributed by atoms with van der Waals surface area (Å²) in [6, 6.07) is 9.16. The first-order valence-electron chi connectivity index (χ1n) is 8.14. The second-order valence-corrected chi connectivity index (χ2v) is 7.81. The highest BCUT2D eigenvalue weighted by atomic mass is 35.5. The number of rotatable bonds is 4.